The first kappa shape index (κ1) is 44.7. The van der Waals surface area contributed by atoms with E-state index >= 15 is 0 Å². The van der Waals surface area contributed by atoms with Gasteiger partial charge in [0.15, 0.2) is 6.10 Å². The predicted octanol–water partition coefficient (Wildman–Crippen LogP) is 4.03. The van der Waals surface area contributed by atoms with Crippen molar-refractivity contribution in [3.8, 4) is 0 Å². The number of anilines is 2. The smallest absolute Gasteiger partial charge is 0.418 e. The molecular formula is C42H56ClF3N8O7. The number of benzene rings is 2. The van der Waals surface area contributed by atoms with E-state index < -0.39 is 35.5 Å². The second-order valence-corrected chi connectivity index (χ2v) is 16.8. The first-order valence-electron chi connectivity index (χ1n) is 21.3. The third-order valence-corrected chi connectivity index (χ3v) is 12.9. The molecule has 5 heterocycles. The number of halogens is 4. The van der Waals surface area contributed by atoms with E-state index in [2.05, 4.69) is 20.0 Å². The van der Waals surface area contributed by atoms with Gasteiger partial charge in [0.2, 0.25) is 0 Å². The molecule has 0 bridgehead atoms. The highest BCUT2D eigenvalue weighted by Gasteiger charge is 2.38. The highest BCUT2D eigenvalue weighted by atomic mass is 35.5. The van der Waals surface area contributed by atoms with Gasteiger partial charge in [-0.05, 0) is 61.4 Å². The molecule has 334 valence electrons. The third kappa shape index (κ3) is 11.6. The average molecular weight is 877 g/mol. The Balaban J connectivity index is 0.925. The lowest BCUT2D eigenvalue weighted by molar-refractivity contribution is -0.146. The number of alkyl halides is 3. The summed E-state index contributed by atoms with van der Waals surface area (Å²) in [6.07, 6.45) is -3.96. The number of rotatable bonds is 11. The summed E-state index contributed by atoms with van der Waals surface area (Å²) < 4.78 is 58.6. The Morgan fingerprint density at radius 2 is 1.56 bits per heavy atom. The number of esters is 1. The molecule has 5 aliphatic heterocycles. The normalized spacial score (nSPS) is 21.0. The molecule has 0 spiro atoms. The van der Waals surface area contributed by atoms with E-state index in [-0.39, 0.29) is 60.7 Å². The number of urea groups is 1. The largest absolute Gasteiger partial charge is 0.463 e. The SMILES string of the molecule is Nc1c(Cl)cc(C[C@@H](OC(=O)N2CCC(N3CCc4ccccc4NC3=O)CC2)C(=O)N2CCN(C3CCN(CC(=O)OCCN4CCOCC4)CC3)CC2)cc1C(F)(F)F. The number of amides is 4. The molecule has 0 aromatic heterocycles. The molecule has 0 saturated carbocycles. The zero-order valence-corrected chi connectivity index (χ0v) is 35.1. The fourth-order valence-corrected chi connectivity index (χ4v) is 9.25. The van der Waals surface area contributed by atoms with Gasteiger partial charge in [-0.25, -0.2) is 9.59 Å². The monoisotopic (exact) mass is 876 g/mol. The standard InChI is InChI=1S/C42H56ClF3N8O7/c43-34-26-29(25-33(38(34)47)42(44,45)46)27-36(61-41(58)53-12-8-32(9-13-53)54-14-5-30-3-1-2-4-35(30)48-40(54)57)39(56)52-17-15-51(16-18-52)31-6-10-50(11-7-31)28-37(55)60-24-21-49-19-22-59-23-20-49/h1-4,25-26,31-32,36H,5-24,27-28,47H2,(H,48,57)/t36-/m1/s1. The number of nitrogens with one attached hydrogen (secondary N) is 1. The number of piperazine rings is 1. The van der Waals surface area contributed by atoms with E-state index in [9.17, 15) is 32.3 Å². The van der Waals surface area contributed by atoms with Crippen molar-refractivity contribution in [1.82, 2.24) is 29.4 Å². The minimum Gasteiger partial charge on any atom is -0.463 e. The lowest BCUT2D eigenvalue weighted by Gasteiger charge is -2.43. The summed E-state index contributed by atoms with van der Waals surface area (Å²) in [7, 11) is 0. The lowest BCUT2D eigenvalue weighted by Crippen LogP contribution is -2.57. The summed E-state index contributed by atoms with van der Waals surface area (Å²) in [6, 6.07) is 9.72. The van der Waals surface area contributed by atoms with Gasteiger partial charge in [0.25, 0.3) is 5.91 Å². The molecule has 5 aliphatic rings. The van der Waals surface area contributed by atoms with E-state index in [1.54, 1.807) is 9.80 Å². The van der Waals surface area contributed by atoms with Crippen LogP contribution in [0.5, 0.6) is 0 Å². The van der Waals surface area contributed by atoms with Crippen LogP contribution in [-0.2, 0) is 42.8 Å². The number of fused-ring (bicyclic) bond motifs is 1. The molecule has 7 rings (SSSR count). The van der Waals surface area contributed by atoms with Crippen LogP contribution in [0.4, 0.5) is 34.1 Å². The molecule has 4 amide bonds. The highest BCUT2D eigenvalue weighted by molar-refractivity contribution is 6.33. The second kappa shape index (κ2) is 20.2. The Morgan fingerprint density at radius 3 is 2.26 bits per heavy atom. The van der Waals surface area contributed by atoms with Gasteiger partial charge in [0, 0.05) is 103 Å². The first-order chi connectivity index (χ1) is 29.3. The van der Waals surface area contributed by atoms with Gasteiger partial charge in [0.05, 0.1) is 36.0 Å². The number of ether oxygens (including phenoxy) is 3. The fraction of sp³-hybridized carbons (Fsp3) is 0.619. The maximum absolute atomic E-state index is 14.2. The van der Waals surface area contributed by atoms with Crippen molar-refractivity contribution < 1.29 is 46.6 Å². The van der Waals surface area contributed by atoms with Crippen LogP contribution >= 0.6 is 11.6 Å². The number of nitrogens with two attached hydrogens (primary N) is 1. The topological polar surface area (TPSA) is 153 Å². The van der Waals surface area contributed by atoms with Crippen LogP contribution in [0.25, 0.3) is 0 Å². The molecule has 0 radical (unpaired) electrons. The van der Waals surface area contributed by atoms with E-state index in [4.69, 9.17) is 31.5 Å². The Kier molecular flexibility index (Phi) is 14.8. The summed E-state index contributed by atoms with van der Waals surface area (Å²) in [5.74, 6) is -0.741. The summed E-state index contributed by atoms with van der Waals surface area (Å²) in [5, 5.41) is 2.67. The van der Waals surface area contributed by atoms with Gasteiger partial charge in [-0.1, -0.05) is 29.8 Å². The Morgan fingerprint density at radius 1 is 0.869 bits per heavy atom. The number of hydrogen-bond donors (Lipinski definition) is 2. The minimum atomic E-state index is -4.80. The van der Waals surface area contributed by atoms with Crippen molar-refractivity contribution in [2.45, 2.75) is 62.9 Å². The molecule has 4 fully saturated rings. The molecule has 19 heteroatoms. The lowest BCUT2D eigenvalue weighted by atomic mass is 10.0. The molecule has 4 saturated heterocycles. The van der Waals surface area contributed by atoms with Crippen LogP contribution in [0, 0.1) is 0 Å². The molecule has 2 aromatic carbocycles. The quantitative estimate of drug-likeness (QED) is 0.249. The van der Waals surface area contributed by atoms with Crippen LogP contribution in [0.15, 0.2) is 36.4 Å². The maximum Gasteiger partial charge on any atom is 0.418 e. The Hall–Kier alpha value is -4.36. The van der Waals surface area contributed by atoms with E-state index in [1.165, 1.54) is 11.0 Å². The molecule has 61 heavy (non-hydrogen) atoms. The predicted molar refractivity (Wildman–Crippen MR) is 221 cm³/mol. The van der Waals surface area contributed by atoms with Gasteiger partial charge in [-0.3, -0.25) is 24.3 Å². The van der Waals surface area contributed by atoms with Gasteiger partial charge >= 0.3 is 24.3 Å². The molecule has 3 N–H and O–H groups in total. The van der Waals surface area contributed by atoms with Crippen molar-refractivity contribution in [3.05, 3.63) is 58.1 Å². The van der Waals surface area contributed by atoms with E-state index in [1.807, 2.05) is 24.3 Å². The first-order valence-corrected chi connectivity index (χ1v) is 21.7. The summed E-state index contributed by atoms with van der Waals surface area (Å²) in [5.41, 5.74) is 5.83. The van der Waals surface area contributed by atoms with Crippen molar-refractivity contribution in [2.24, 2.45) is 0 Å². The number of nitrogen functional groups attached to an aromatic ring is 1. The maximum atomic E-state index is 14.2. The molecule has 2 aromatic rings. The van der Waals surface area contributed by atoms with Crippen molar-refractivity contribution in [3.63, 3.8) is 0 Å². The minimum absolute atomic E-state index is 0.0518. The van der Waals surface area contributed by atoms with Gasteiger partial charge in [-0.15, -0.1) is 0 Å². The molecule has 0 aliphatic carbocycles. The van der Waals surface area contributed by atoms with Gasteiger partial charge < -0.3 is 40.0 Å². The van der Waals surface area contributed by atoms with Crippen molar-refractivity contribution in [1.29, 1.82) is 0 Å². The van der Waals surface area contributed by atoms with Gasteiger partial charge in [0.1, 0.15) is 6.61 Å². The van der Waals surface area contributed by atoms with Crippen LogP contribution in [-0.4, -0.2) is 176 Å². The van der Waals surface area contributed by atoms with Crippen LogP contribution in [0.2, 0.25) is 5.02 Å². The number of morpholine rings is 1. The van der Waals surface area contributed by atoms with Gasteiger partial charge in [-0.2, -0.15) is 13.2 Å². The zero-order chi connectivity index (χ0) is 43.1. The number of likely N-dealkylation sites (tertiary alicyclic amines) is 2. The second-order valence-electron chi connectivity index (χ2n) is 16.4. The van der Waals surface area contributed by atoms with Crippen LogP contribution in [0.1, 0.15) is 42.4 Å². The van der Waals surface area contributed by atoms with Crippen molar-refractivity contribution >= 4 is 47.0 Å². The molecular weight excluding hydrogens is 821 g/mol. The molecule has 15 nitrogen and oxygen atoms in total. The van der Waals surface area contributed by atoms with E-state index in [0.29, 0.717) is 78.4 Å². The Bertz CT molecular complexity index is 1860. The average Bonchev–Trinajstić information content (AvgIpc) is 3.42. The number of carbonyl (C=O) groups excluding carboxylic acids is 4. The number of nitrogens with zero attached hydrogens (tertiary/aromatic N) is 6. The molecule has 0 unspecified atom stereocenters. The summed E-state index contributed by atoms with van der Waals surface area (Å²) in [6.45, 7) is 8.70. The van der Waals surface area contributed by atoms with Crippen LogP contribution in [0.3, 0.4) is 0 Å². The number of carbonyl (C=O) groups is 4. The number of para-hydroxylation sites is 1. The van der Waals surface area contributed by atoms with Crippen LogP contribution < -0.4 is 11.1 Å². The zero-order valence-electron chi connectivity index (χ0n) is 34.4. The third-order valence-electron chi connectivity index (χ3n) is 12.6. The Labute approximate surface area is 359 Å². The fourth-order valence-electron chi connectivity index (χ4n) is 9.01. The molecule has 1 atom stereocenters. The van der Waals surface area contributed by atoms with E-state index in [0.717, 1.165) is 56.3 Å². The summed E-state index contributed by atoms with van der Waals surface area (Å²) >= 11 is 6.15. The summed E-state index contributed by atoms with van der Waals surface area (Å²) in [4.78, 5) is 65.1. The number of hydrogen-bond acceptors (Lipinski definition) is 11. The number of piperidine rings is 2. The van der Waals surface area contributed by atoms with Crippen molar-refractivity contribution in [2.75, 3.05) is 116 Å². The highest BCUT2D eigenvalue weighted by Crippen LogP contribution is 2.38.